The summed E-state index contributed by atoms with van der Waals surface area (Å²) in [7, 11) is 0. The lowest BCUT2D eigenvalue weighted by Gasteiger charge is -2.22. The smallest absolute Gasteiger partial charge is 0.416 e. The van der Waals surface area contributed by atoms with Gasteiger partial charge in [0.1, 0.15) is 6.26 Å². The molecule has 0 bridgehead atoms. The second-order valence-corrected chi connectivity index (χ2v) is 8.18. The van der Waals surface area contributed by atoms with Gasteiger partial charge in [-0.2, -0.15) is 13.2 Å². The van der Waals surface area contributed by atoms with E-state index in [0.29, 0.717) is 18.0 Å². The number of aryl methyl sites for hydroxylation is 1. The Balaban J connectivity index is 1.81. The fraction of sp³-hybridized carbons (Fsp3) is 0.360. The molecule has 1 N–H and O–H groups in total. The molecule has 0 radical (unpaired) electrons. The van der Waals surface area contributed by atoms with Crippen LogP contribution in [0.5, 0.6) is 0 Å². The summed E-state index contributed by atoms with van der Waals surface area (Å²) >= 11 is 0. The quantitative estimate of drug-likeness (QED) is 0.444. The van der Waals surface area contributed by atoms with Crippen LogP contribution in [0, 0.1) is 6.92 Å². The number of nitrogens with one attached hydrogen (secondary N) is 1. The number of carbonyl (C=O) groups excluding carboxylic acids is 1. The first-order valence-corrected chi connectivity index (χ1v) is 10.8. The second kappa shape index (κ2) is 10.7. The third kappa shape index (κ3) is 6.92. The molecule has 0 fully saturated rings. The summed E-state index contributed by atoms with van der Waals surface area (Å²) in [6.07, 6.45) is -2.31. The highest BCUT2D eigenvalue weighted by Crippen LogP contribution is 2.30. The first-order valence-electron chi connectivity index (χ1n) is 10.8. The average molecular weight is 460 g/mol. The molecule has 33 heavy (non-hydrogen) atoms. The standard InChI is InChI=1S/C25H28F3N3O2/c1-4-18(3)29-24(32)22-16-33-23(30-22)15-31(14-20-10-6-5-8-17(20)2)13-19-9-7-11-21(12-19)25(26,27)28/h5-12,16,18H,4,13-15H2,1-3H3,(H,29,32). The van der Waals surface area contributed by atoms with Crippen LogP contribution < -0.4 is 5.32 Å². The van der Waals surface area contributed by atoms with Gasteiger partial charge in [0.25, 0.3) is 5.91 Å². The van der Waals surface area contributed by atoms with Crippen LogP contribution in [-0.2, 0) is 25.8 Å². The zero-order valence-corrected chi connectivity index (χ0v) is 18.9. The zero-order chi connectivity index (χ0) is 24.0. The monoisotopic (exact) mass is 459 g/mol. The van der Waals surface area contributed by atoms with Crippen LogP contribution in [0.3, 0.4) is 0 Å². The first-order chi connectivity index (χ1) is 15.7. The summed E-state index contributed by atoms with van der Waals surface area (Å²) in [6.45, 7) is 6.84. The van der Waals surface area contributed by atoms with E-state index in [-0.39, 0.29) is 30.7 Å². The van der Waals surface area contributed by atoms with E-state index in [0.717, 1.165) is 29.7 Å². The van der Waals surface area contributed by atoms with E-state index in [1.807, 2.05) is 49.9 Å². The van der Waals surface area contributed by atoms with Crippen molar-refractivity contribution in [2.75, 3.05) is 0 Å². The zero-order valence-electron chi connectivity index (χ0n) is 18.9. The van der Waals surface area contributed by atoms with E-state index < -0.39 is 11.7 Å². The number of amides is 1. The Morgan fingerprint density at radius 2 is 1.88 bits per heavy atom. The van der Waals surface area contributed by atoms with Crippen molar-refractivity contribution in [2.24, 2.45) is 0 Å². The Morgan fingerprint density at radius 3 is 2.58 bits per heavy atom. The van der Waals surface area contributed by atoms with Gasteiger partial charge in [0, 0.05) is 19.1 Å². The molecule has 0 saturated carbocycles. The first kappa shape index (κ1) is 24.5. The van der Waals surface area contributed by atoms with Gasteiger partial charge in [-0.15, -0.1) is 0 Å². The van der Waals surface area contributed by atoms with Crippen LogP contribution in [0.2, 0.25) is 0 Å². The van der Waals surface area contributed by atoms with Crippen LogP contribution >= 0.6 is 0 Å². The predicted octanol–water partition coefficient (Wildman–Crippen LogP) is 5.73. The largest absolute Gasteiger partial charge is 0.447 e. The van der Waals surface area contributed by atoms with Gasteiger partial charge in [-0.1, -0.05) is 49.4 Å². The number of halogens is 3. The molecule has 2 aromatic carbocycles. The van der Waals surface area contributed by atoms with Crippen molar-refractivity contribution < 1.29 is 22.4 Å². The van der Waals surface area contributed by atoms with Gasteiger partial charge < -0.3 is 9.73 Å². The van der Waals surface area contributed by atoms with E-state index >= 15 is 0 Å². The minimum absolute atomic E-state index is 0.0103. The number of hydrogen-bond donors (Lipinski definition) is 1. The Kier molecular flexibility index (Phi) is 7.92. The van der Waals surface area contributed by atoms with E-state index in [1.54, 1.807) is 6.07 Å². The summed E-state index contributed by atoms with van der Waals surface area (Å²) in [5.74, 6) is 0.00699. The lowest BCUT2D eigenvalue weighted by molar-refractivity contribution is -0.137. The van der Waals surface area contributed by atoms with Gasteiger partial charge in [0.05, 0.1) is 12.1 Å². The van der Waals surface area contributed by atoms with Crippen molar-refractivity contribution in [2.45, 2.75) is 59.0 Å². The maximum Gasteiger partial charge on any atom is 0.416 e. The molecule has 0 saturated heterocycles. The van der Waals surface area contributed by atoms with Crippen LogP contribution in [-0.4, -0.2) is 21.8 Å². The van der Waals surface area contributed by atoms with Gasteiger partial charge in [0.2, 0.25) is 5.89 Å². The topological polar surface area (TPSA) is 58.4 Å². The maximum atomic E-state index is 13.2. The summed E-state index contributed by atoms with van der Waals surface area (Å²) in [4.78, 5) is 18.6. The minimum Gasteiger partial charge on any atom is -0.447 e. The fourth-order valence-electron chi connectivity index (χ4n) is 3.38. The van der Waals surface area contributed by atoms with Gasteiger partial charge in [0.15, 0.2) is 5.69 Å². The Labute approximate surface area is 191 Å². The van der Waals surface area contributed by atoms with Crippen LogP contribution in [0.1, 0.15) is 58.9 Å². The lowest BCUT2D eigenvalue weighted by atomic mass is 10.1. The molecule has 5 nitrogen and oxygen atoms in total. The Hall–Kier alpha value is -3.13. The number of benzene rings is 2. The van der Waals surface area contributed by atoms with Gasteiger partial charge in [-0.3, -0.25) is 9.69 Å². The molecule has 1 unspecified atom stereocenters. The van der Waals surface area contributed by atoms with Crippen molar-refractivity contribution in [1.82, 2.24) is 15.2 Å². The third-order valence-corrected chi connectivity index (χ3v) is 5.45. The van der Waals surface area contributed by atoms with Crippen molar-refractivity contribution in [3.63, 3.8) is 0 Å². The number of oxazole rings is 1. The lowest BCUT2D eigenvalue weighted by Crippen LogP contribution is -2.32. The molecule has 0 aliphatic carbocycles. The molecule has 0 spiro atoms. The average Bonchev–Trinajstić information content (AvgIpc) is 3.23. The molecule has 176 valence electrons. The molecular weight excluding hydrogens is 431 g/mol. The van der Waals surface area contributed by atoms with Crippen molar-refractivity contribution in [3.05, 3.63) is 88.6 Å². The number of nitrogens with zero attached hydrogens (tertiary/aromatic N) is 2. The Bertz CT molecular complexity index is 1080. The van der Waals surface area contributed by atoms with Crippen molar-refractivity contribution in [1.29, 1.82) is 0 Å². The van der Waals surface area contributed by atoms with E-state index in [1.165, 1.54) is 12.3 Å². The Morgan fingerprint density at radius 1 is 1.12 bits per heavy atom. The van der Waals surface area contributed by atoms with E-state index in [4.69, 9.17) is 4.42 Å². The van der Waals surface area contributed by atoms with E-state index in [9.17, 15) is 18.0 Å². The minimum atomic E-state index is -4.41. The van der Waals surface area contributed by atoms with Crippen LogP contribution in [0.25, 0.3) is 0 Å². The molecule has 1 atom stereocenters. The predicted molar refractivity (Wildman–Crippen MR) is 119 cm³/mol. The van der Waals surface area contributed by atoms with Gasteiger partial charge >= 0.3 is 6.18 Å². The van der Waals surface area contributed by atoms with Crippen LogP contribution in [0.4, 0.5) is 13.2 Å². The number of rotatable bonds is 9. The molecule has 0 aliphatic rings. The highest BCUT2D eigenvalue weighted by Gasteiger charge is 2.30. The number of alkyl halides is 3. The van der Waals surface area contributed by atoms with Crippen molar-refractivity contribution >= 4 is 5.91 Å². The van der Waals surface area contributed by atoms with Crippen molar-refractivity contribution in [3.8, 4) is 0 Å². The highest BCUT2D eigenvalue weighted by atomic mass is 19.4. The summed E-state index contributed by atoms with van der Waals surface area (Å²) in [5, 5.41) is 2.84. The number of aromatic nitrogens is 1. The molecule has 3 rings (SSSR count). The number of hydrogen-bond acceptors (Lipinski definition) is 4. The molecule has 1 aromatic heterocycles. The van der Waals surface area contributed by atoms with Crippen LogP contribution in [0.15, 0.2) is 59.2 Å². The molecule has 0 aliphatic heterocycles. The summed E-state index contributed by atoms with van der Waals surface area (Å²) in [5.41, 5.74) is 2.15. The summed E-state index contributed by atoms with van der Waals surface area (Å²) < 4.78 is 45.0. The second-order valence-electron chi connectivity index (χ2n) is 8.18. The summed E-state index contributed by atoms with van der Waals surface area (Å²) in [6, 6.07) is 13.1. The molecular formula is C25H28F3N3O2. The molecule has 1 amide bonds. The maximum absolute atomic E-state index is 13.2. The van der Waals surface area contributed by atoms with Gasteiger partial charge in [-0.25, -0.2) is 4.98 Å². The highest BCUT2D eigenvalue weighted by molar-refractivity contribution is 5.92. The van der Waals surface area contributed by atoms with E-state index in [2.05, 4.69) is 10.3 Å². The molecule has 3 aromatic rings. The number of carbonyl (C=O) groups is 1. The molecule has 8 heteroatoms. The van der Waals surface area contributed by atoms with Gasteiger partial charge in [-0.05, 0) is 43.0 Å². The SMILES string of the molecule is CCC(C)NC(=O)c1coc(CN(Cc2cccc(C(F)(F)F)c2)Cc2ccccc2C)n1. The third-order valence-electron chi connectivity index (χ3n) is 5.45. The normalized spacial score (nSPS) is 12.7. The molecule has 1 heterocycles. The fourth-order valence-corrected chi connectivity index (χ4v) is 3.38.